The minimum Gasteiger partial charge on any atom is -0.336 e. The van der Waals surface area contributed by atoms with Gasteiger partial charge in [0.15, 0.2) is 0 Å². The summed E-state index contributed by atoms with van der Waals surface area (Å²) < 4.78 is 0. The van der Waals surface area contributed by atoms with Crippen LogP contribution in [0.4, 0.5) is 0 Å². The molecular formula is C24H30N2O2. The highest BCUT2D eigenvalue weighted by atomic mass is 16.1. The quantitative estimate of drug-likeness (QED) is 0.645. The van der Waals surface area contributed by atoms with Crippen LogP contribution in [0.2, 0.25) is 0 Å². The van der Waals surface area contributed by atoms with E-state index in [4.69, 9.17) is 0 Å². The molecule has 148 valence electrons. The van der Waals surface area contributed by atoms with Gasteiger partial charge in [0.2, 0.25) is 12.8 Å². The van der Waals surface area contributed by atoms with Gasteiger partial charge in [-0.15, -0.1) is 0 Å². The topological polar surface area (TPSA) is 40.6 Å². The number of hydrogen-bond donors (Lipinski definition) is 0. The first-order chi connectivity index (χ1) is 13.6. The maximum atomic E-state index is 12.0. The number of carbonyl (C=O) groups is 2. The lowest BCUT2D eigenvalue weighted by atomic mass is 9.87. The lowest BCUT2D eigenvalue weighted by Gasteiger charge is -2.42. The van der Waals surface area contributed by atoms with Crippen LogP contribution in [0.15, 0.2) is 48.5 Å². The Kier molecular flexibility index (Phi) is 6.85. The van der Waals surface area contributed by atoms with Gasteiger partial charge in [0.1, 0.15) is 0 Å². The van der Waals surface area contributed by atoms with Crippen molar-refractivity contribution in [3.8, 4) is 0 Å². The Labute approximate surface area is 168 Å². The van der Waals surface area contributed by atoms with Gasteiger partial charge in [0.25, 0.3) is 0 Å². The lowest BCUT2D eigenvalue weighted by Crippen LogP contribution is -2.52. The second kappa shape index (κ2) is 9.54. The summed E-state index contributed by atoms with van der Waals surface area (Å²) in [5.74, 6) is 0. The number of carbonyl (C=O) groups excluding carboxylic acids is 2. The van der Waals surface area contributed by atoms with Crippen molar-refractivity contribution in [2.24, 2.45) is 0 Å². The Morgan fingerprint density at radius 1 is 0.750 bits per heavy atom. The highest BCUT2D eigenvalue weighted by Gasteiger charge is 2.33. The highest BCUT2D eigenvalue weighted by molar-refractivity contribution is 5.51. The smallest absolute Gasteiger partial charge is 0.210 e. The predicted octanol–water partition coefficient (Wildman–Crippen LogP) is 4.23. The van der Waals surface area contributed by atoms with E-state index in [-0.39, 0.29) is 12.1 Å². The van der Waals surface area contributed by atoms with Crippen LogP contribution in [0.3, 0.4) is 0 Å². The van der Waals surface area contributed by atoms with Crippen LogP contribution in [0.1, 0.15) is 47.9 Å². The van der Waals surface area contributed by atoms with Gasteiger partial charge in [-0.2, -0.15) is 0 Å². The van der Waals surface area contributed by atoms with Gasteiger partial charge in [0.05, 0.1) is 12.1 Å². The fourth-order valence-corrected chi connectivity index (χ4v) is 4.30. The molecule has 0 radical (unpaired) electrons. The standard InChI is InChI=1S/C24H30N2O2/c1-19-9-3-5-11-21(19)15-25(17-27)23-13-7-8-14-24(23)26(18-28)16-22-12-6-4-10-20(22)2/h3-6,9-12,17-18,23-24H,7-8,13-16H2,1-2H3/t23-,24-/m1/s1. The van der Waals surface area contributed by atoms with Crippen molar-refractivity contribution >= 4 is 12.8 Å². The molecule has 3 rings (SSSR count). The van der Waals surface area contributed by atoms with E-state index < -0.39 is 0 Å². The van der Waals surface area contributed by atoms with Crippen LogP contribution in [0.5, 0.6) is 0 Å². The number of nitrogens with zero attached hydrogens (tertiary/aromatic N) is 2. The first kappa shape index (κ1) is 20.1. The summed E-state index contributed by atoms with van der Waals surface area (Å²) in [6.45, 7) is 5.34. The summed E-state index contributed by atoms with van der Waals surface area (Å²) in [5.41, 5.74) is 4.70. The molecule has 4 heteroatoms. The molecule has 0 aliphatic heterocycles. The number of hydrogen-bond acceptors (Lipinski definition) is 2. The van der Waals surface area contributed by atoms with E-state index in [0.29, 0.717) is 13.1 Å². The van der Waals surface area contributed by atoms with E-state index in [0.717, 1.165) is 49.6 Å². The molecule has 0 spiro atoms. The molecule has 0 saturated heterocycles. The molecule has 1 fully saturated rings. The first-order valence-corrected chi connectivity index (χ1v) is 10.1. The second-order valence-corrected chi connectivity index (χ2v) is 7.83. The Bertz CT molecular complexity index is 737. The van der Waals surface area contributed by atoms with Gasteiger partial charge < -0.3 is 9.80 Å². The zero-order valence-corrected chi connectivity index (χ0v) is 16.9. The average Bonchev–Trinajstić information content (AvgIpc) is 2.73. The SMILES string of the molecule is Cc1ccccc1CN(C=O)[C@@H]1CCCC[C@H]1N(C=O)Cc1ccccc1C. The second-order valence-electron chi connectivity index (χ2n) is 7.83. The third kappa shape index (κ3) is 4.61. The van der Waals surface area contributed by atoms with Crippen molar-refractivity contribution in [1.82, 2.24) is 9.80 Å². The minimum absolute atomic E-state index is 0.0556. The first-order valence-electron chi connectivity index (χ1n) is 10.1. The maximum absolute atomic E-state index is 12.0. The monoisotopic (exact) mass is 378 g/mol. The average molecular weight is 379 g/mol. The number of rotatable bonds is 8. The molecule has 0 aromatic heterocycles. The van der Waals surface area contributed by atoms with Crippen molar-refractivity contribution in [3.05, 3.63) is 70.8 Å². The van der Waals surface area contributed by atoms with Crippen molar-refractivity contribution in [2.45, 2.75) is 64.7 Å². The third-order valence-electron chi connectivity index (χ3n) is 6.05. The predicted molar refractivity (Wildman–Crippen MR) is 112 cm³/mol. The fourth-order valence-electron chi connectivity index (χ4n) is 4.30. The third-order valence-corrected chi connectivity index (χ3v) is 6.05. The van der Waals surface area contributed by atoms with Gasteiger partial charge in [-0.05, 0) is 48.9 Å². The van der Waals surface area contributed by atoms with E-state index in [1.165, 1.54) is 11.1 Å². The Morgan fingerprint density at radius 2 is 1.14 bits per heavy atom. The zero-order chi connectivity index (χ0) is 19.9. The van der Waals surface area contributed by atoms with Crippen molar-refractivity contribution in [3.63, 3.8) is 0 Å². The van der Waals surface area contributed by atoms with Gasteiger partial charge in [-0.3, -0.25) is 9.59 Å². The Morgan fingerprint density at radius 3 is 1.50 bits per heavy atom. The van der Waals surface area contributed by atoms with Crippen LogP contribution in [0, 0.1) is 13.8 Å². The molecule has 1 aliphatic carbocycles. The Balaban J connectivity index is 1.81. The van der Waals surface area contributed by atoms with Crippen molar-refractivity contribution in [1.29, 1.82) is 0 Å². The highest BCUT2D eigenvalue weighted by Crippen LogP contribution is 2.29. The normalized spacial score (nSPS) is 19.1. The summed E-state index contributed by atoms with van der Waals surface area (Å²) in [5, 5.41) is 0. The van der Waals surface area contributed by atoms with E-state index in [1.54, 1.807) is 0 Å². The van der Waals surface area contributed by atoms with Crippen LogP contribution in [0.25, 0.3) is 0 Å². The molecular weight excluding hydrogens is 348 g/mol. The van der Waals surface area contributed by atoms with Gasteiger partial charge in [0, 0.05) is 13.1 Å². The van der Waals surface area contributed by atoms with E-state index in [2.05, 4.69) is 38.1 Å². The van der Waals surface area contributed by atoms with Crippen LogP contribution < -0.4 is 0 Å². The van der Waals surface area contributed by atoms with Gasteiger partial charge in [-0.25, -0.2) is 0 Å². The van der Waals surface area contributed by atoms with Crippen LogP contribution in [-0.4, -0.2) is 34.7 Å². The number of aryl methyl sites for hydroxylation is 2. The fraction of sp³-hybridized carbons (Fsp3) is 0.417. The molecule has 28 heavy (non-hydrogen) atoms. The molecule has 2 aromatic rings. The van der Waals surface area contributed by atoms with E-state index >= 15 is 0 Å². The summed E-state index contributed by atoms with van der Waals surface area (Å²) in [7, 11) is 0. The maximum Gasteiger partial charge on any atom is 0.210 e. The van der Waals surface area contributed by atoms with E-state index in [1.807, 2.05) is 34.1 Å². The molecule has 2 amide bonds. The van der Waals surface area contributed by atoms with Gasteiger partial charge in [-0.1, -0.05) is 61.4 Å². The molecule has 2 atom stereocenters. The molecule has 0 heterocycles. The molecule has 1 aliphatic rings. The molecule has 0 bridgehead atoms. The molecule has 2 aromatic carbocycles. The Hall–Kier alpha value is -2.62. The van der Waals surface area contributed by atoms with Gasteiger partial charge >= 0.3 is 0 Å². The zero-order valence-electron chi connectivity index (χ0n) is 16.9. The number of benzene rings is 2. The molecule has 0 unspecified atom stereocenters. The minimum atomic E-state index is 0.0556. The van der Waals surface area contributed by atoms with Crippen LogP contribution >= 0.6 is 0 Å². The van der Waals surface area contributed by atoms with Crippen LogP contribution in [-0.2, 0) is 22.7 Å². The molecule has 4 nitrogen and oxygen atoms in total. The largest absolute Gasteiger partial charge is 0.336 e. The molecule has 0 N–H and O–H groups in total. The molecule has 1 saturated carbocycles. The van der Waals surface area contributed by atoms with Crippen molar-refractivity contribution in [2.75, 3.05) is 0 Å². The summed E-state index contributed by atoms with van der Waals surface area (Å²) in [6, 6.07) is 16.5. The lowest BCUT2D eigenvalue weighted by molar-refractivity contribution is -0.129. The van der Waals surface area contributed by atoms with E-state index in [9.17, 15) is 9.59 Å². The summed E-state index contributed by atoms with van der Waals surface area (Å²) >= 11 is 0. The summed E-state index contributed by atoms with van der Waals surface area (Å²) in [6.07, 6.45) is 5.99. The summed E-state index contributed by atoms with van der Waals surface area (Å²) in [4.78, 5) is 27.8. The number of amides is 2. The van der Waals surface area contributed by atoms with Crippen molar-refractivity contribution < 1.29 is 9.59 Å².